The molecule has 1 aliphatic heterocycles. The van der Waals surface area contributed by atoms with E-state index in [1.54, 1.807) is 18.2 Å². The number of benzene rings is 1. The Balaban J connectivity index is 1.92. The molecule has 35 heavy (non-hydrogen) atoms. The van der Waals surface area contributed by atoms with Gasteiger partial charge in [-0.05, 0) is 23.7 Å². The average molecular weight is 491 g/mol. The van der Waals surface area contributed by atoms with Crippen molar-refractivity contribution in [3.8, 4) is 5.75 Å². The number of esters is 3. The molecule has 0 aliphatic carbocycles. The molecule has 13 nitrogen and oxygen atoms in total. The molecule has 2 heterocycles. The molecule has 0 amide bonds. The van der Waals surface area contributed by atoms with Crippen molar-refractivity contribution in [1.29, 1.82) is 0 Å². The van der Waals surface area contributed by atoms with Crippen LogP contribution < -0.4 is 4.74 Å². The number of furan rings is 1. The third-order valence-electron chi connectivity index (χ3n) is 5.05. The van der Waals surface area contributed by atoms with Gasteiger partial charge in [0.25, 0.3) is 0 Å². The minimum atomic E-state index is -1.03. The minimum absolute atomic E-state index is 0.000771. The smallest absolute Gasteiger partial charge is 0.303 e. The van der Waals surface area contributed by atoms with E-state index in [2.05, 4.69) is 10.0 Å². The Morgan fingerprint density at radius 2 is 1.91 bits per heavy atom. The Bertz CT molecular complexity index is 1140. The molecule has 1 aromatic heterocycles. The number of rotatable bonds is 9. The van der Waals surface area contributed by atoms with Gasteiger partial charge in [-0.25, -0.2) is 0 Å². The first-order chi connectivity index (χ1) is 16.7. The van der Waals surface area contributed by atoms with E-state index in [-0.39, 0.29) is 26.2 Å². The first kappa shape index (κ1) is 25.8. The Morgan fingerprint density at radius 3 is 2.54 bits per heavy atom. The van der Waals surface area contributed by atoms with Gasteiger partial charge in [0.05, 0.1) is 25.0 Å². The first-order valence-electron chi connectivity index (χ1n) is 10.7. The molecule has 3 rings (SSSR count). The molecule has 0 radical (unpaired) electrons. The second-order valence-corrected chi connectivity index (χ2v) is 7.71. The van der Waals surface area contributed by atoms with Crippen molar-refractivity contribution < 1.29 is 47.6 Å². The molecule has 1 aliphatic rings. The largest absolute Gasteiger partial charge is 0.464 e. The second kappa shape index (κ2) is 11.6. The standard InChI is InChI=1S/C22H25N3O10/c1-11(27)30-10-19-22(32-13(3)29)18(31-12(2)28)7-20(35-19)34-17-5-4-14(9-26)21-16(17)6-15(33-21)8-24-25-23/h4-6,18-20,22,26H,7-10H2,1-3H3/t18-,19-,20-,22-/m1/s1. The van der Waals surface area contributed by atoms with Crippen molar-refractivity contribution in [2.45, 2.75) is 64.9 Å². The highest BCUT2D eigenvalue weighted by atomic mass is 16.7. The van der Waals surface area contributed by atoms with E-state index < -0.39 is 42.5 Å². The predicted molar refractivity (Wildman–Crippen MR) is 117 cm³/mol. The highest BCUT2D eigenvalue weighted by molar-refractivity contribution is 5.87. The number of fused-ring (bicyclic) bond motifs is 1. The van der Waals surface area contributed by atoms with Gasteiger partial charge in [0.1, 0.15) is 35.9 Å². The van der Waals surface area contributed by atoms with Gasteiger partial charge in [-0.1, -0.05) is 5.11 Å². The molecule has 1 fully saturated rings. The number of hydrogen-bond acceptors (Lipinski definition) is 11. The van der Waals surface area contributed by atoms with Gasteiger partial charge in [0, 0.05) is 31.2 Å². The third kappa shape index (κ3) is 6.63. The van der Waals surface area contributed by atoms with Gasteiger partial charge in [-0.2, -0.15) is 0 Å². The van der Waals surface area contributed by atoms with Crippen molar-refractivity contribution in [2.24, 2.45) is 5.11 Å². The molecule has 0 bridgehead atoms. The Kier molecular flexibility index (Phi) is 8.53. The van der Waals surface area contributed by atoms with Crippen LogP contribution in [-0.2, 0) is 46.5 Å². The maximum atomic E-state index is 11.7. The number of azide groups is 1. The van der Waals surface area contributed by atoms with Crippen LogP contribution in [0, 0.1) is 0 Å². The normalized spacial score (nSPS) is 21.6. The number of carbonyl (C=O) groups is 3. The van der Waals surface area contributed by atoms with E-state index in [0.29, 0.717) is 28.0 Å². The SMILES string of the molecule is CC(=O)OC[C@H]1O[C@@H](Oc2ccc(CO)c3oc(CN=[N+]=[N-])cc23)C[C@@H](OC(C)=O)[C@H]1OC(C)=O. The lowest BCUT2D eigenvalue weighted by Crippen LogP contribution is -2.54. The van der Waals surface area contributed by atoms with Crippen LogP contribution in [0.3, 0.4) is 0 Å². The minimum Gasteiger partial charge on any atom is -0.464 e. The summed E-state index contributed by atoms with van der Waals surface area (Å²) in [7, 11) is 0. The fourth-order valence-electron chi connectivity index (χ4n) is 3.73. The summed E-state index contributed by atoms with van der Waals surface area (Å²) >= 11 is 0. The van der Waals surface area contributed by atoms with Crippen LogP contribution in [0.4, 0.5) is 0 Å². The van der Waals surface area contributed by atoms with Crippen LogP contribution in [0.5, 0.6) is 5.75 Å². The highest BCUT2D eigenvalue weighted by Gasteiger charge is 2.44. The van der Waals surface area contributed by atoms with Gasteiger partial charge in [-0.3, -0.25) is 14.4 Å². The molecule has 4 atom stereocenters. The van der Waals surface area contributed by atoms with Crippen LogP contribution in [0.15, 0.2) is 27.7 Å². The van der Waals surface area contributed by atoms with Gasteiger partial charge in [0.2, 0.25) is 6.29 Å². The van der Waals surface area contributed by atoms with Crippen LogP contribution in [0.25, 0.3) is 21.4 Å². The molecule has 1 N–H and O–H groups in total. The quantitative estimate of drug-likeness (QED) is 0.180. The monoisotopic (exact) mass is 491 g/mol. The molecule has 0 saturated carbocycles. The van der Waals surface area contributed by atoms with Crippen molar-refractivity contribution >= 4 is 28.9 Å². The van der Waals surface area contributed by atoms with Gasteiger partial charge in [0.15, 0.2) is 6.10 Å². The number of aliphatic hydroxyl groups excluding tert-OH is 1. The van der Waals surface area contributed by atoms with E-state index in [1.165, 1.54) is 20.8 Å². The Hall–Kier alpha value is -3.80. The van der Waals surface area contributed by atoms with Crippen molar-refractivity contribution in [3.63, 3.8) is 0 Å². The number of nitrogens with zero attached hydrogens (tertiary/aromatic N) is 3. The molecule has 0 unspecified atom stereocenters. The van der Waals surface area contributed by atoms with E-state index in [9.17, 15) is 19.5 Å². The summed E-state index contributed by atoms with van der Waals surface area (Å²) in [6.07, 6.45) is -3.95. The molecule has 0 spiro atoms. The fraction of sp³-hybridized carbons (Fsp3) is 0.500. The van der Waals surface area contributed by atoms with Gasteiger partial charge >= 0.3 is 17.9 Å². The summed E-state index contributed by atoms with van der Waals surface area (Å²) in [6.45, 7) is 3.01. The van der Waals surface area contributed by atoms with Crippen LogP contribution >= 0.6 is 0 Å². The number of ether oxygens (including phenoxy) is 5. The lowest BCUT2D eigenvalue weighted by molar-refractivity contribution is -0.245. The average Bonchev–Trinajstić information content (AvgIpc) is 3.22. The summed E-state index contributed by atoms with van der Waals surface area (Å²) in [5.74, 6) is -1.14. The van der Waals surface area contributed by atoms with Crippen molar-refractivity contribution in [1.82, 2.24) is 0 Å². The molecule has 1 aromatic carbocycles. The van der Waals surface area contributed by atoms with Gasteiger partial charge < -0.3 is 33.2 Å². The zero-order valence-electron chi connectivity index (χ0n) is 19.3. The van der Waals surface area contributed by atoms with E-state index in [1.807, 2.05) is 0 Å². The zero-order valence-corrected chi connectivity index (χ0v) is 19.3. The predicted octanol–water partition coefficient (Wildman–Crippen LogP) is 2.66. The van der Waals surface area contributed by atoms with E-state index in [0.717, 1.165) is 0 Å². The summed E-state index contributed by atoms with van der Waals surface area (Å²) in [5, 5.41) is 13.6. The van der Waals surface area contributed by atoms with Crippen LogP contribution in [0.2, 0.25) is 0 Å². The Labute approximate surface area is 199 Å². The van der Waals surface area contributed by atoms with Crippen LogP contribution in [0.1, 0.15) is 38.5 Å². The first-order valence-corrected chi connectivity index (χ1v) is 10.7. The summed E-state index contributed by atoms with van der Waals surface area (Å²) < 4.78 is 33.4. The summed E-state index contributed by atoms with van der Waals surface area (Å²) in [5.41, 5.74) is 9.41. The zero-order chi connectivity index (χ0) is 25.5. The number of aliphatic hydroxyl groups is 1. The van der Waals surface area contributed by atoms with E-state index in [4.69, 9.17) is 33.6 Å². The second-order valence-electron chi connectivity index (χ2n) is 7.71. The molecular weight excluding hydrogens is 466 g/mol. The lowest BCUT2D eigenvalue weighted by atomic mass is 10.0. The topological polar surface area (TPSA) is 179 Å². The van der Waals surface area contributed by atoms with Crippen LogP contribution in [-0.4, -0.2) is 54.2 Å². The van der Waals surface area contributed by atoms with Gasteiger partial charge in [-0.15, -0.1) is 0 Å². The summed E-state index contributed by atoms with van der Waals surface area (Å²) in [4.78, 5) is 37.5. The van der Waals surface area contributed by atoms with Crippen molar-refractivity contribution in [2.75, 3.05) is 6.61 Å². The van der Waals surface area contributed by atoms with Crippen molar-refractivity contribution in [3.05, 3.63) is 40.0 Å². The molecular formula is C22H25N3O10. The molecule has 2 aromatic rings. The maximum absolute atomic E-state index is 11.7. The third-order valence-corrected chi connectivity index (χ3v) is 5.05. The molecule has 188 valence electrons. The Morgan fingerprint density at radius 1 is 1.17 bits per heavy atom. The van der Waals surface area contributed by atoms with E-state index >= 15 is 0 Å². The number of carbonyl (C=O) groups excluding carboxylic acids is 3. The molecule has 13 heteroatoms. The highest BCUT2D eigenvalue weighted by Crippen LogP contribution is 2.35. The summed E-state index contributed by atoms with van der Waals surface area (Å²) in [6, 6.07) is 4.82. The number of hydrogen-bond donors (Lipinski definition) is 1. The fourth-order valence-corrected chi connectivity index (χ4v) is 3.73. The lowest BCUT2D eigenvalue weighted by Gasteiger charge is -2.39. The maximum Gasteiger partial charge on any atom is 0.303 e. The molecule has 1 saturated heterocycles.